The van der Waals surface area contributed by atoms with Crippen LogP contribution in [0.3, 0.4) is 0 Å². The SMILES string of the molecule is CC(C)(C)[C@H](NC(=O)CSc1ccc(Br)cc1)C(=O)O. The molecule has 0 unspecified atom stereocenters. The molecule has 1 rings (SSSR count). The van der Waals surface area contributed by atoms with Gasteiger partial charge in [-0.15, -0.1) is 11.8 Å². The number of hydrogen-bond acceptors (Lipinski definition) is 3. The van der Waals surface area contributed by atoms with Gasteiger partial charge in [0.2, 0.25) is 5.91 Å². The van der Waals surface area contributed by atoms with Crippen molar-refractivity contribution < 1.29 is 14.7 Å². The van der Waals surface area contributed by atoms with Crippen molar-refractivity contribution in [3.8, 4) is 0 Å². The number of aliphatic carboxylic acids is 1. The number of amides is 1. The summed E-state index contributed by atoms with van der Waals surface area (Å²) in [6.07, 6.45) is 0. The van der Waals surface area contributed by atoms with Crippen LogP contribution in [0.1, 0.15) is 20.8 Å². The van der Waals surface area contributed by atoms with E-state index in [-0.39, 0.29) is 11.7 Å². The highest BCUT2D eigenvalue weighted by Gasteiger charge is 2.32. The van der Waals surface area contributed by atoms with Gasteiger partial charge in [0.25, 0.3) is 0 Å². The molecule has 0 bridgehead atoms. The molecule has 0 saturated heterocycles. The van der Waals surface area contributed by atoms with Crippen LogP contribution in [-0.2, 0) is 9.59 Å². The molecular weight excluding hydrogens is 342 g/mol. The summed E-state index contributed by atoms with van der Waals surface area (Å²) in [5.41, 5.74) is -0.524. The molecule has 4 nitrogen and oxygen atoms in total. The highest BCUT2D eigenvalue weighted by molar-refractivity contribution is 9.10. The zero-order valence-electron chi connectivity index (χ0n) is 11.6. The molecule has 0 aliphatic carbocycles. The van der Waals surface area contributed by atoms with Gasteiger partial charge < -0.3 is 10.4 Å². The van der Waals surface area contributed by atoms with E-state index in [4.69, 9.17) is 5.11 Å². The van der Waals surface area contributed by atoms with E-state index in [2.05, 4.69) is 21.2 Å². The smallest absolute Gasteiger partial charge is 0.326 e. The first kappa shape index (κ1) is 17.0. The van der Waals surface area contributed by atoms with Crippen LogP contribution in [0.25, 0.3) is 0 Å². The maximum Gasteiger partial charge on any atom is 0.326 e. The topological polar surface area (TPSA) is 66.4 Å². The molecule has 0 saturated carbocycles. The summed E-state index contributed by atoms with van der Waals surface area (Å²) < 4.78 is 0.977. The molecule has 1 amide bonds. The van der Waals surface area contributed by atoms with Crippen LogP contribution >= 0.6 is 27.7 Å². The van der Waals surface area contributed by atoms with Gasteiger partial charge in [0.15, 0.2) is 0 Å². The number of carboxylic acids is 1. The van der Waals surface area contributed by atoms with Crippen LogP contribution in [0.2, 0.25) is 0 Å². The summed E-state index contributed by atoms with van der Waals surface area (Å²) in [7, 11) is 0. The largest absolute Gasteiger partial charge is 0.480 e. The summed E-state index contributed by atoms with van der Waals surface area (Å²) in [5.74, 6) is -1.10. The number of thioether (sulfide) groups is 1. The second-order valence-corrected chi connectivity index (χ2v) is 7.41. The average molecular weight is 360 g/mol. The molecule has 1 aromatic rings. The van der Waals surface area contributed by atoms with Crippen molar-refractivity contribution in [1.82, 2.24) is 5.32 Å². The fourth-order valence-corrected chi connectivity index (χ4v) is 2.50. The van der Waals surface area contributed by atoms with Crippen molar-refractivity contribution in [2.45, 2.75) is 31.7 Å². The Morgan fingerprint density at radius 1 is 1.30 bits per heavy atom. The van der Waals surface area contributed by atoms with Gasteiger partial charge in [-0.25, -0.2) is 4.79 Å². The number of hydrogen-bond donors (Lipinski definition) is 2. The molecule has 0 aliphatic heterocycles. The van der Waals surface area contributed by atoms with E-state index in [1.54, 1.807) is 20.8 Å². The van der Waals surface area contributed by atoms with Crippen LogP contribution in [0.5, 0.6) is 0 Å². The predicted molar refractivity (Wildman–Crippen MR) is 83.9 cm³/mol. The summed E-state index contributed by atoms with van der Waals surface area (Å²) in [6, 6.07) is 6.71. The molecule has 110 valence electrons. The molecule has 0 spiro atoms. The van der Waals surface area contributed by atoms with Gasteiger partial charge in [-0.3, -0.25) is 4.79 Å². The average Bonchev–Trinajstić information content (AvgIpc) is 2.33. The lowest BCUT2D eigenvalue weighted by atomic mass is 9.87. The first-order valence-corrected chi connectivity index (χ1v) is 7.88. The number of carbonyl (C=O) groups is 2. The van der Waals surface area contributed by atoms with E-state index in [0.29, 0.717) is 0 Å². The van der Waals surface area contributed by atoms with Crippen molar-refractivity contribution in [1.29, 1.82) is 0 Å². The Labute approximate surface area is 131 Å². The molecule has 20 heavy (non-hydrogen) atoms. The van der Waals surface area contributed by atoms with Crippen molar-refractivity contribution >= 4 is 39.6 Å². The Kier molecular flexibility index (Phi) is 6.07. The van der Waals surface area contributed by atoms with Crippen molar-refractivity contribution in [3.05, 3.63) is 28.7 Å². The lowest BCUT2D eigenvalue weighted by Gasteiger charge is -2.27. The van der Waals surface area contributed by atoms with E-state index < -0.39 is 17.4 Å². The Morgan fingerprint density at radius 3 is 2.30 bits per heavy atom. The minimum absolute atomic E-state index is 0.196. The molecule has 0 heterocycles. The number of benzene rings is 1. The normalized spacial score (nSPS) is 12.8. The highest BCUT2D eigenvalue weighted by Crippen LogP contribution is 2.22. The van der Waals surface area contributed by atoms with Crippen molar-refractivity contribution in [2.75, 3.05) is 5.75 Å². The molecule has 2 N–H and O–H groups in total. The molecule has 1 atom stereocenters. The van der Waals surface area contributed by atoms with Gasteiger partial charge in [-0.1, -0.05) is 36.7 Å². The summed E-state index contributed by atoms with van der Waals surface area (Å²) in [5, 5.41) is 11.7. The summed E-state index contributed by atoms with van der Waals surface area (Å²) >= 11 is 4.72. The van der Waals surface area contributed by atoms with E-state index in [1.165, 1.54) is 11.8 Å². The van der Waals surface area contributed by atoms with Gasteiger partial charge in [0.1, 0.15) is 6.04 Å². The summed E-state index contributed by atoms with van der Waals surface area (Å²) in [4.78, 5) is 24.0. The Morgan fingerprint density at radius 2 is 1.85 bits per heavy atom. The van der Waals surface area contributed by atoms with Gasteiger partial charge in [-0.2, -0.15) is 0 Å². The van der Waals surface area contributed by atoms with Crippen molar-refractivity contribution in [3.63, 3.8) is 0 Å². The van der Waals surface area contributed by atoms with Gasteiger partial charge in [-0.05, 0) is 29.7 Å². The molecule has 1 aromatic carbocycles. The third kappa shape index (κ3) is 5.54. The Hall–Kier alpha value is -1.01. The van der Waals surface area contributed by atoms with Crippen LogP contribution in [0, 0.1) is 5.41 Å². The van der Waals surface area contributed by atoms with Crippen LogP contribution < -0.4 is 5.32 Å². The van der Waals surface area contributed by atoms with Crippen molar-refractivity contribution in [2.24, 2.45) is 5.41 Å². The third-order valence-electron chi connectivity index (χ3n) is 2.60. The standard InChI is InChI=1S/C14H18BrNO3S/c1-14(2,3)12(13(18)19)16-11(17)8-20-10-6-4-9(15)5-7-10/h4-7,12H,8H2,1-3H3,(H,16,17)(H,18,19)/t12-/m1/s1. The second kappa shape index (κ2) is 7.13. The number of rotatable bonds is 5. The predicted octanol–water partition coefficient (Wildman–Crippen LogP) is 3.16. The number of nitrogens with one attached hydrogen (secondary N) is 1. The molecule has 0 aromatic heterocycles. The van der Waals surface area contributed by atoms with E-state index >= 15 is 0 Å². The first-order chi connectivity index (χ1) is 9.20. The lowest BCUT2D eigenvalue weighted by molar-refractivity contribution is -0.144. The molecular formula is C14H18BrNO3S. The molecule has 6 heteroatoms. The van der Waals surface area contributed by atoms with Crippen LogP contribution in [-0.4, -0.2) is 28.8 Å². The Bertz CT molecular complexity index is 482. The fraction of sp³-hybridized carbons (Fsp3) is 0.429. The Balaban J connectivity index is 2.54. The number of carbonyl (C=O) groups excluding carboxylic acids is 1. The van der Waals surface area contributed by atoms with E-state index in [9.17, 15) is 9.59 Å². The first-order valence-electron chi connectivity index (χ1n) is 6.10. The molecule has 0 radical (unpaired) electrons. The van der Waals surface area contributed by atoms with Gasteiger partial charge >= 0.3 is 5.97 Å². The minimum atomic E-state index is -1.01. The van der Waals surface area contributed by atoms with Gasteiger partial charge in [0, 0.05) is 9.37 Å². The fourth-order valence-electron chi connectivity index (χ4n) is 1.53. The molecule has 0 aliphatic rings. The maximum absolute atomic E-state index is 11.8. The van der Waals surface area contributed by atoms with E-state index in [0.717, 1.165) is 9.37 Å². The lowest BCUT2D eigenvalue weighted by Crippen LogP contribution is -2.49. The zero-order valence-corrected chi connectivity index (χ0v) is 14.0. The summed E-state index contributed by atoms with van der Waals surface area (Å²) in [6.45, 7) is 5.36. The third-order valence-corrected chi connectivity index (χ3v) is 4.14. The zero-order chi connectivity index (χ0) is 15.3. The number of carboxylic acid groups (broad SMARTS) is 1. The maximum atomic E-state index is 11.8. The van der Waals surface area contributed by atoms with Crippen LogP contribution in [0.4, 0.5) is 0 Å². The minimum Gasteiger partial charge on any atom is -0.480 e. The van der Waals surface area contributed by atoms with Gasteiger partial charge in [0.05, 0.1) is 5.75 Å². The highest BCUT2D eigenvalue weighted by atomic mass is 79.9. The quantitative estimate of drug-likeness (QED) is 0.792. The molecule has 0 fully saturated rings. The number of halogens is 1. The second-order valence-electron chi connectivity index (χ2n) is 5.45. The van der Waals surface area contributed by atoms with E-state index in [1.807, 2.05) is 24.3 Å². The monoisotopic (exact) mass is 359 g/mol. The van der Waals surface area contributed by atoms with Crippen LogP contribution in [0.15, 0.2) is 33.6 Å².